The zero-order valence-corrected chi connectivity index (χ0v) is 20.1. The van der Waals surface area contributed by atoms with Crippen molar-refractivity contribution >= 4 is 17.7 Å². The number of nitrogens with zero attached hydrogens (tertiary/aromatic N) is 1. The number of carbonyl (C=O) groups is 1. The number of hydrogen-bond acceptors (Lipinski definition) is 9. The van der Waals surface area contributed by atoms with Crippen LogP contribution in [0.1, 0.15) is 11.1 Å². The molecule has 1 heterocycles. The second-order valence-corrected chi connectivity index (χ2v) is 8.28. The molecule has 12 heteroatoms. The van der Waals surface area contributed by atoms with E-state index in [1.807, 2.05) is 0 Å². The van der Waals surface area contributed by atoms with E-state index in [-0.39, 0.29) is 25.7 Å². The van der Waals surface area contributed by atoms with Gasteiger partial charge in [-0.2, -0.15) is 0 Å². The maximum absolute atomic E-state index is 14.2. The molecular formula is C22H31FN4O6S. The number of benzene rings is 1. The second-order valence-electron chi connectivity index (χ2n) is 7.07. The molecule has 2 rings (SSSR count). The molecule has 0 spiro atoms. The van der Waals surface area contributed by atoms with E-state index in [0.29, 0.717) is 54.9 Å². The van der Waals surface area contributed by atoms with E-state index in [1.54, 1.807) is 19.1 Å². The van der Waals surface area contributed by atoms with E-state index < -0.39 is 16.8 Å². The van der Waals surface area contributed by atoms with Gasteiger partial charge in [-0.3, -0.25) is 4.79 Å². The Hall–Kier alpha value is -2.51. The number of amides is 1. The first-order chi connectivity index (χ1) is 16.4. The number of ether oxygens (including phenoxy) is 4. The summed E-state index contributed by atoms with van der Waals surface area (Å²) in [6.45, 7) is 4.19. The lowest BCUT2D eigenvalue weighted by atomic mass is 10.2. The van der Waals surface area contributed by atoms with E-state index >= 15 is 0 Å². The molecule has 0 radical (unpaired) electrons. The summed E-state index contributed by atoms with van der Waals surface area (Å²) in [4.78, 5) is 30.8. The van der Waals surface area contributed by atoms with Gasteiger partial charge in [-0.05, 0) is 18.6 Å². The molecule has 10 nitrogen and oxygen atoms in total. The topological polar surface area (TPSA) is 138 Å². The number of H-pyrrole nitrogens is 1. The lowest BCUT2D eigenvalue weighted by molar-refractivity contribution is -0.121. The molecule has 0 aliphatic carbocycles. The Bertz CT molecular complexity index is 961. The smallest absolute Gasteiger partial charge is 0.345 e. The number of halogens is 1. The van der Waals surface area contributed by atoms with Crippen LogP contribution < -0.4 is 21.5 Å². The van der Waals surface area contributed by atoms with Gasteiger partial charge in [-0.25, -0.2) is 14.2 Å². The van der Waals surface area contributed by atoms with Gasteiger partial charge < -0.3 is 35.0 Å². The molecule has 1 atom stereocenters. The van der Waals surface area contributed by atoms with E-state index in [9.17, 15) is 14.0 Å². The Balaban J connectivity index is 1.92. The van der Waals surface area contributed by atoms with Crippen LogP contribution in [-0.4, -0.2) is 74.4 Å². The molecular weight excluding hydrogens is 467 g/mol. The van der Waals surface area contributed by atoms with Gasteiger partial charge in [0.25, 0.3) is 0 Å². The van der Waals surface area contributed by atoms with E-state index in [2.05, 4.69) is 15.3 Å². The molecule has 188 valence electrons. The highest BCUT2D eigenvalue weighted by Crippen LogP contribution is 2.24. The maximum Gasteiger partial charge on any atom is 0.345 e. The lowest BCUT2D eigenvalue weighted by Gasteiger charge is -2.18. The third-order valence-electron chi connectivity index (χ3n) is 4.50. The Labute approximate surface area is 201 Å². The van der Waals surface area contributed by atoms with Gasteiger partial charge in [-0.15, -0.1) is 0 Å². The molecule has 0 saturated carbocycles. The van der Waals surface area contributed by atoms with Gasteiger partial charge >= 0.3 is 5.69 Å². The van der Waals surface area contributed by atoms with Crippen LogP contribution in [0.15, 0.2) is 34.2 Å². The number of hydrogen-bond donors (Lipinski definition) is 3. The van der Waals surface area contributed by atoms with E-state index in [1.165, 1.54) is 19.4 Å². The predicted octanol–water partition coefficient (Wildman–Crippen LogP) is 1.01. The Morgan fingerprint density at radius 3 is 2.59 bits per heavy atom. The quantitative estimate of drug-likeness (QED) is 0.176. The molecule has 1 unspecified atom stereocenters. The van der Waals surface area contributed by atoms with Crippen LogP contribution in [0, 0.1) is 12.7 Å². The molecule has 0 saturated heterocycles. The van der Waals surface area contributed by atoms with E-state index in [0.717, 1.165) is 11.8 Å². The van der Waals surface area contributed by atoms with Gasteiger partial charge in [0.15, 0.2) is 0 Å². The number of rotatable bonds is 16. The van der Waals surface area contributed by atoms with Crippen molar-refractivity contribution in [1.29, 1.82) is 0 Å². The molecule has 0 aliphatic rings. The summed E-state index contributed by atoms with van der Waals surface area (Å²) in [5.74, 6) is -0.463. The van der Waals surface area contributed by atoms with Crippen LogP contribution in [-0.2, 0) is 25.5 Å². The molecule has 2 aromatic rings. The first kappa shape index (κ1) is 27.7. The molecule has 1 aromatic heterocycles. The summed E-state index contributed by atoms with van der Waals surface area (Å²) < 4.78 is 35.5. The minimum atomic E-state index is -0.703. The number of thioether (sulfide) groups is 1. The average molecular weight is 499 g/mol. The van der Waals surface area contributed by atoms with Crippen LogP contribution in [0.4, 0.5) is 4.39 Å². The fourth-order valence-corrected chi connectivity index (χ4v) is 3.70. The van der Waals surface area contributed by atoms with Crippen LogP contribution >= 0.6 is 11.8 Å². The molecule has 4 N–H and O–H groups in total. The number of carbonyl (C=O) groups excluding carboxylic acids is 1. The van der Waals surface area contributed by atoms with Gasteiger partial charge in [-0.1, -0.05) is 17.8 Å². The van der Waals surface area contributed by atoms with Crippen molar-refractivity contribution in [3.8, 4) is 5.75 Å². The Kier molecular flexibility index (Phi) is 12.6. The molecule has 1 amide bonds. The zero-order valence-electron chi connectivity index (χ0n) is 19.3. The average Bonchev–Trinajstić information content (AvgIpc) is 2.83. The summed E-state index contributed by atoms with van der Waals surface area (Å²) in [5.41, 5.74) is 5.86. The van der Waals surface area contributed by atoms with Crippen LogP contribution in [0.2, 0.25) is 0 Å². The molecule has 1 aromatic carbocycles. The SMILES string of the molecule is COc1ccc(CNC(=O)C(COCCOCCOCCN)Sc2[nH]c(=O)ncc2C)c(F)c1. The highest BCUT2D eigenvalue weighted by atomic mass is 32.2. The lowest BCUT2D eigenvalue weighted by Crippen LogP contribution is -2.36. The standard InChI is InChI=1S/C22H31FN4O6S/c1-15-12-26-22(29)27-21(15)34-19(14-33-10-9-32-8-7-31-6-5-24)20(28)25-13-16-3-4-17(30-2)11-18(16)23/h3-4,11-12,19H,5-10,13-14,24H2,1-2H3,(H,25,28)(H,26,27,29). The van der Waals surface area contributed by atoms with Gasteiger partial charge in [0.1, 0.15) is 16.8 Å². The monoisotopic (exact) mass is 498 g/mol. The van der Waals surface area contributed by atoms with E-state index in [4.69, 9.17) is 24.7 Å². The highest BCUT2D eigenvalue weighted by molar-refractivity contribution is 8.00. The summed E-state index contributed by atoms with van der Waals surface area (Å²) in [7, 11) is 1.45. The van der Waals surface area contributed by atoms with Crippen molar-refractivity contribution in [2.75, 3.05) is 53.3 Å². The van der Waals surface area contributed by atoms with Crippen LogP contribution in [0.25, 0.3) is 0 Å². The first-order valence-electron chi connectivity index (χ1n) is 10.7. The van der Waals surface area contributed by atoms with Gasteiger partial charge in [0, 0.05) is 30.9 Å². The summed E-state index contributed by atoms with van der Waals surface area (Å²) >= 11 is 1.14. The Morgan fingerprint density at radius 2 is 1.91 bits per heavy atom. The zero-order chi connectivity index (χ0) is 24.8. The Morgan fingerprint density at radius 1 is 1.21 bits per heavy atom. The van der Waals surface area contributed by atoms with Crippen molar-refractivity contribution in [2.24, 2.45) is 5.73 Å². The maximum atomic E-state index is 14.2. The third-order valence-corrected chi connectivity index (χ3v) is 5.79. The van der Waals surface area contributed by atoms with Crippen molar-refractivity contribution in [1.82, 2.24) is 15.3 Å². The predicted molar refractivity (Wildman–Crippen MR) is 126 cm³/mol. The molecule has 0 fully saturated rings. The number of nitrogens with two attached hydrogens (primary N) is 1. The van der Waals surface area contributed by atoms with Crippen molar-refractivity contribution in [3.05, 3.63) is 51.8 Å². The first-order valence-corrected chi connectivity index (χ1v) is 11.6. The highest BCUT2D eigenvalue weighted by Gasteiger charge is 2.22. The molecule has 0 aliphatic heterocycles. The van der Waals surface area contributed by atoms with Crippen molar-refractivity contribution < 1.29 is 28.1 Å². The van der Waals surface area contributed by atoms with Crippen molar-refractivity contribution in [2.45, 2.75) is 23.7 Å². The summed E-state index contributed by atoms with van der Waals surface area (Å²) in [6, 6.07) is 4.42. The molecule has 0 bridgehead atoms. The van der Waals surface area contributed by atoms with Gasteiger partial charge in [0.2, 0.25) is 5.91 Å². The number of aromatic nitrogens is 2. The number of nitrogens with one attached hydrogen (secondary N) is 2. The summed E-state index contributed by atoms with van der Waals surface area (Å²) in [5, 5.41) is 2.53. The number of aryl methyl sites for hydroxylation is 1. The molecule has 34 heavy (non-hydrogen) atoms. The normalized spacial score (nSPS) is 11.9. The third kappa shape index (κ3) is 9.77. The van der Waals surface area contributed by atoms with Gasteiger partial charge in [0.05, 0.1) is 51.8 Å². The van der Waals surface area contributed by atoms with Crippen molar-refractivity contribution in [3.63, 3.8) is 0 Å². The van der Waals surface area contributed by atoms with Crippen LogP contribution in [0.3, 0.4) is 0 Å². The fourth-order valence-electron chi connectivity index (χ4n) is 2.68. The largest absolute Gasteiger partial charge is 0.497 e. The number of methoxy groups -OCH3 is 1. The van der Waals surface area contributed by atoms with Crippen LogP contribution in [0.5, 0.6) is 5.75 Å². The minimum Gasteiger partial charge on any atom is -0.497 e. The second kappa shape index (κ2) is 15.4. The summed E-state index contributed by atoms with van der Waals surface area (Å²) in [6.07, 6.45) is 1.43. The fraction of sp³-hybridized carbons (Fsp3) is 0.500. The minimum absolute atomic E-state index is 0.0104. The number of aromatic amines is 1.